The lowest BCUT2D eigenvalue weighted by Crippen LogP contribution is -2.56. The zero-order chi connectivity index (χ0) is 32.9. The van der Waals surface area contributed by atoms with E-state index < -0.39 is 52.7 Å². The van der Waals surface area contributed by atoms with Crippen molar-refractivity contribution in [2.24, 2.45) is 5.92 Å². The van der Waals surface area contributed by atoms with Crippen LogP contribution in [0, 0.1) is 5.92 Å². The Bertz CT molecular complexity index is 1500. The number of nitrogens with zero attached hydrogens (tertiary/aromatic N) is 1. The van der Waals surface area contributed by atoms with Crippen LogP contribution in [0.15, 0.2) is 30.5 Å². The Morgan fingerprint density at radius 3 is 2.74 bits per heavy atom. The normalized spacial score (nSPS) is 31.6. The molecular formula is C34H42ClN3O8. The number of halogens is 1. The third-order valence-electron chi connectivity index (χ3n) is 9.52. The van der Waals surface area contributed by atoms with Crippen molar-refractivity contribution >= 4 is 41.1 Å². The van der Waals surface area contributed by atoms with Gasteiger partial charge in [-0.2, -0.15) is 0 Å². The molecule has 5 aliphatic rings. The Kier molecular flexibility index (Phi) is 8.50. The fourth-order valence-electron chi connectivity index (χ4n) is 7.09. The number of carbonyl (C=O) groups excluding carboxylic acids is 3. The molecule has 1 saturated heterocycles. The summed E-state index contributed by atoms with van der Waals surface area (Å²) < 4.78 is 17.4. The standard InChI is InChI=1S/C34H42ClN3O8/c1-32(2,3)46-31(43)36-25-10-8-6-4-5-7-9-23-16-34(23,30(41)42)37-28(39)26-17-33(19-38(26)29(25)40)15-22(18-45-33)21-13-20-11-12-44-27(20)24(35)14-21/h7,9,13-14,18,23,25-26H,4-6,8,10-12,15-17,19H2,1-3H3,(H,36,43)(H,37,39)(H,41,42)/b9-7-/t23-,25+,26+,33-,34+/m1/s1. The summed E-state index contributed by atoms with van der Waals surface area (Å²) >= 11 is 6.53. The number of rotatable bonds is 3. The number of allylic oxidation sites excluding steroid dienone is 1. The summed E-state index contributed by atoms with van der Waals surface area (Å²) in [6.45, 7) is 5.89. The lowest BCUT2D eigenvalue weighted by Gasteiger charge is -2.30. The van der Waals surface area contributed by atoms with Crippen molar-refractivity contribution in [3.05, 3.63) is 46.7 Å². The predicted octanol–water partition coefficient (Wildman–Crippen LogP) is 4.75. The van der Waals surface area contributed by atoms with E-state index in [1.807, 2.05) is 24.3 Å². The highest BCUT2D eigenvalue weighted by molar-refractivity contribution is 6.32. The average molecular weight is 656 g/mol. The molecule has 6 rings (SSSR count). The molecule has 0 radical (unpaired) electrons. The number of hydrogen-bond donors (Lipinski definition) is 3. The van der Waals surface area contributed by atoms with Crippen LogP contribution in [-0.4, -0.2) is 75.9 Å². The number of amides is 3. The van der Waals surface area contributed by atoms with E-state index in [4.69, 9.17) is 25.8 Å². The zero-order valence-corrected chi connectivity index (χ0v) is 27.3. The summed E-state index contributed by atoms with van der Waals surface area (Å²) in [4.78, 5) is 55.1. The van der Waals surface area contributed by atoms with Gasteiger partial charge in [-0.25, -0.2) is 9.59 Å². The first kappa shape index (κ1) is 32.2. The number of fused-ring (bicyclic) bond motifs is 3. The number of carboxylic acids is 1. The first-order chi connectivity index (χ1) is 21.8. The van der Waals surface area contributed by atoms with E-state index in [1.165, 1.54) is 4.90 Å². The van der Waals surface area contributed by atoms with E-state index in [9.17, 15) is 24.3 Å². The summed E-state index contributed by atoms with van der Waals surface area (Å²) in [6, 6.07) is 1.93. The molecule has 46 heavy (non-hydrogen) atoms. The molecule has 4 heterocycles. The highest BCUT2D eigenvalue weighted by atomic mass is 35.5. The molecule has 2 fully saturated rings. The van der Waals surface area contributed by atoms with Gasteiger partial charge in [-0.3, -0.25) is 9.59 Å². The fourth-order valence-corrected chi connectivity index (χ4v) is 7.39. The Morgan fingerprint density at radius 2 is 1.98 bits per heavy atom. The van der Waals surface area contributed by atoms with E-state index in [1.54, 1.807) is 27.0 Å². The first-order valence-corrected chi connectivity index (χ1v) is 16.5. The van der Waals surface area contributed by atoms with Crippen LogP contribution in [0.1, 0.15) is 83.3 Å². The van der Waals surface area contributed by atoms with Gasteiger partial charge < -0.3 is 34.9 Å². The molecule has 1 aliphatic carbocycles. The number of nitrogens with one attached hydrogen (secondary N) is 2. The predicted molar refractivity (Wildman–Crippen MR) is 169 cm³/mol. The molecule has 1 aromatic carbocycles. The molecule has 3 amide bonds. The Labute approximate surface area is 273 Å². The van der Waals surface area contributed by atoms with Gasteiger partial charge in [0.2, 0.25) is 11.8 Å². The molecule has 1 spiro atoms. The fraction of sp³-hybridized carbons (Fsp3) is 0.588. The maximum absolute atomic E-state index is 14.3. The van der Waals surface area contributed by atoms with Crippen LogP contribution in [0.4, 0.5) is 4.79 Å². The minimum Gasteiger partial charge on any atom is -0.492 e. The van der Waals surface area contributed by atoms with E-state index in [0.717, 1.165) is 42.4 Å². The van der Waals surface area contributed by atoms with Crippen molar-refractivity contribution in [2.45, 2.75) is 107 Å². The van der Waals surface area contributed by atoms with Crippen LogP contribution >= 0.6 is 11.6 Å². The second kappa shape index (κ2) is 12.1. The number of benzene rings is 1. The zero-order valence-electron chi connectivity index (χ0n) is 26.5. The minimum absolute atomic E-state index is 0.0849. The third-order valence-corrected chi connectivity index (χ3v) is 9.80. The molecule has 3 N–H and O–H groups in total. The van der Waals surface area contributed by atoms with Crippen molar-refractivity contribution in [3.8, 4) is 5.75 Å². The van der Waals surface area contributed by atoms with Gasteiger partial charge in [-0.1, -0.05) is 36.6 Å². The number of hydrogen-bond acceptors (Lipinski definition) is 7. The van der Waals surface area contributed by atoms with Gasteiger partial charge in [0.1, 0.15) is 34.6 Å². The van der Waals surface area contributed by atoms with Crippen molar-refractivity contribution < 1.29 is 38.5 Å². The van der Waals surface area contributed by atoms with E-state index in [-0.39, 0.29) is 25.3 Å². The molecule has 12 heteroatoms. The molecule has 0 unspecified atom stereocenters. The highest BCUT2D eigenvalue weighted by Gasteiger charge is 2.62. The second-order valence-corrected chi connectivity index (χ2v) is 14.6. The number of aliphatic carboxylic acids is 1. The maximum atomic E-state index is 14.3. The SMILES string of the molecule is CC(C)(C)OC(=O)N[C@H]1CCCCC/C=C\[C@@H]2C[C@]2(C(=O)O)NC(=O)[C@@H]2C[C@]3(CC(c4cc(Cl)c5c(c4)CCO5)=CO3)CN2C1=O. The molecule has 0 aromatic heterocycles. The Morgan fingerprint density at radius 1 is 1.17 bits per heavy atom. The van der Waals surface area contributed by atoms with E-state index >= 15 is 0 Å². The lowest BCUT2D eigenvalue weighted by molar-refractivity contribution is -0.145. The summed E-state index contributed by atoms with van der Waals surface area (Å²) in [5, 5.41) is 16.2. The van der Waals surface area contributed by atoms with Gasteiger partial charge >= 0.3 is 12.1 Å². The van der Waals surface area contributed by atoms with Gasteiger partial charge in [0.25, 0.3) is 0 Å². The van der Waals surface area contributed by atoms with Crippen molar-refractivity contribution in [2.75, 3.05) is 13.2 Å². The molecule has 248 valence electrons. The average Bonchev–Trinajstić information content (AvgIpc) is 3.34. The lowest BCUT2D eigenvalue weighted by atomic mass is 9.90. The first-order valence-electron chi connectivity index (χ1n) is 16.1. The summed E-state index contributed by atoms with van der Waals surface area (Å²) in [5.74, 6) is -1.72. The Balaban J connectivity index is 1.29. The van der Waals surface area contributed by atoms with Crippen molar-refractivity contribution in [1.29, 1.82) is 0 Å². The van der Waals surface area contributed by atoms with Crippen LogP contribution < -0.4 is 15.4 Å². The van der Waals surface area contributed by atoms with Crippen LogP contribution in [-0.2, 0) is 30.3 Å². The van der Waals surface area contributed by atoms with Gasteiger partial charge in [0.15, 0.2) is 0 Å². The second-order valence-electron chi connectivity index (χ2n) is 14.2. The molecule has 11 nitrogen and oxygen atoms in total. The number of carbonyl (C=O) groups is 4. The Hall–Kier alpha value is -3.73. The maximum Gasteiger partial charge on any atom is 0.408 e. The van der Waals surface area contributed by atoms with Crippen molar-refractivity contribution in [1.82, 2.24) is 15.5 Å². The van der Waals surface area contributed by atoms with Crippen LogP contribution in [0.25, 0.3) is 5.57 Å². The molecule has 4 aliphatic heterocycles. The molecule has 5 atom stereocenters. The number of carboxylic acid groups (broad SMARTS) is 1. The number of alkyl carbamates (subject to hydrolysis) is 1. The number of ether oxygens (including phenoxy) is 3. The highest BCUT2D eigenvalue weighted by Crippen LogP contribution is 2.48. The summed E-state index contributed by atoms with van der Waals surface area (Å²) in [7, 11) is 0. The van der Waals surface area contributed by atoms with Crippen LogP contribution in [0.2, 0.25) is 5.02 Å². The molecule has 1 aromatic rings. The smallest absolute Gasteiger partial charge is 0.408 e. The molecule has 0 bridgehead atoms. The molecular weight excluding hydrogens is 614 g/mol. The van der Waals surface area contributed by atoms with Gasteiger partial charge in [0.05, 0.1) is 24.4 Å². The summed E-state index contributed by atoms with van der Waals surface area (Å²) in [6.07, 6.45) is 9.84. The van der Waals surface area contributed by atoms with E-state index in [2.05, 4.69) is 10.6 Å². The molecule has 1 saturated carbocycles. The third kappa shape index (κ3) is 6.43. The van der Waals surface area contributed by atoms with E-state index in [0.29, 0.717) is 36.6 Å². The minimum atomic E-state index is -1.42. The monoisotopic (exact) mass is 655 g/mol. The summed E-state index contributed by atoms with van der Waals surface area (Å²) in [5.41, 5.74) is -0.331. The van der Waals surface area contributed by atoms with Crippen molar-refractivity contribution in [3.63, 3.8) is 0 Å². The largest absolute Gasteiger partial charge is 0.492 e. The van der Waals surface area contributed by atoms with Crippen LogP contribution in [0.3, 0.4) is 0 Å². The topological polar surface area (TPSA) is 144 Å². The quantitative estimate of drug-likeness (QED) is 0.396. The van der Waals surface area contributed by atoms with Crippen LogP contribution in [0.5, 0.6) is 5.75 Å². The van der Waals surface area contributed by atoms with Gasteiger partial charge in [-0.05, 0) is 75.3 Å². The van der Waals surface area contributed by atoms with Gasteiger partial charge in [0, 0.05) is 25.2 Å². The van der Waals surface area contributed by atoms with Gasteiger partial charge in [-0.15, -0.1) is 0 Å².